The van der Waals surface area contributed by atoms with Crippen molar-refractivity contribution in [3.8, 4) is 0 Å². The zero-order valence-electron chi connectivity index (χ0n) is 8.13. The first-order valence-corrected chi connectivity index (χ1v) is 6.01. The molecule has 0 fully saturated rings. The summed E-state index contributed by atoms with van der Waals surface area (Å²) >= 11 is 0. The summed E-state index contributed by atoms with van der Waals surface area (Å²) in [5.41, 5.74) is 6.27. The smallest absolute Gasteiger partial charge is 0.129 e. The highest BCUT2D eigenvalue weighted by Gasteiger charge is 2.06. The Morgan fingerprint density at radius 1 is 1.50 bits per heavy atom. The molecule has 1 unspecified atom stereocenters. The normalized spacial score (nSPS) is 12.7. The van der Waals surface area contributed by atoms with Gasteiger partial charge in [0.05, 0.1) is 5.75 Å². The fraction of sp³-hybridized carbons (Fsp3) is 0.400. The molecule has 0 bridgehead atoms. The lowest BCUT2D eigenvalue weighted by Gasteiger charge is -2.03. The van der Waals surface area contributed by atoms with Crippen molar-refractivity contribution in [2.75, 3.05) is 11.5 Å². The molecule has 0 amide bonds. The van der Waals surface area contributed by atoms with E-state index in [4.69, 9.17) is 5.73 Å². The predicted octanol–water partition coefficient (Wildman–Crippen LogP) is 2.07. The molecule has 0 aliphatic rings. The summed E-state index contributed by atoms with van der Waals surface area (Å²) in [4.78, 5) is 0. The summed E-state index contributed by atoms with van der Waals surface area (Å²) in [7, 11) is -0.969. The molecule has 78 valence electrons. The first-order valence-electron chi connectivity index (χ1n) is 4.52. The van der Waals surface area contributed by atoms with Crippen LogP contribution in [-0.2, 0) is 16.6 Å². The van der Waals surface area contributed by atoms with E-state index in [9.17, 15) is 8.60 Å². The van der Waals surface area contributed by atoms with Crippen LogP contribution in [-0.4, -0.2) is 9.96 Å². The van der Waals surface area contributed by atoms with Gasteiger partial charge in [-0.15, -0.1) is 0 Å². The van der Waals surface area contributed by atoms with Crippen molar-refractivity contribution in [1.29, 1.82) is 0 Å². The van der Waals surface area contributed by atoms with Gasteiger partial charge in [-0.3, -0.25) is 4.21 Å². The fourth-order valence-corrected chi connectivity index (χ4v) is 2.33. The lowest BCUT2D eigenvalue weighted by Crippen LogP contribution is -2.02. The van der Waals surface area contributed by atoms with E-state index in [2.05, 4.69) is 0 Å². The van der Waals surface area contributed by atoms with Crippen molar-refractivity contribution in [2.45, 2.75) is 19.1 Å². The second-order valence-electron chi connectivity index (χ2n) is 3.14. The van der Waals surface area contributed by atoms with Gasteiger partial charge < -0.3 is 5.73 Å². The highest BCUT2D eigenvalue weighted by atomic mass is 32.2. The number of hydrogen-bond acceptors (Lipinski definition) is 2. The Labute approximate surface area is 85.8 Å². The molecule has 2 N–H and O–H groups in total. The van der Waals surface area contributed by atoms with Gasteiger partial charge in [0, 0.05) is 27.8 Å². The van der Waals surface area contributed by atoms with Gasteiger partial charge in [0.1, 0.15) is 5.82 Å². The molecule has 0 aliphatic heterocycles. The van der Waals surface area contributed by atoms with Crippen molar-refractivity contribution < 1.29 is 8.60 Å². The van der Waals surface area contributed by atoms with Gasteiger partial charge in [0.25, 0.3) is 0 Å². The number of hydrogen-bond donors (Lipinski definition) is 1. The van der Waals surface area contributed by atoms with Gasteiger partial charge >= 0.3 is 0 Å². The summed E-state index contributed by atoms with van der Waals surface area (Å²) in [6, 6.07) is 4.48. The van der Waals surface area contributed by atoms with Gasteiger partial charge in [0.15, 0.2) is 0 Å². The Morgan fingerprint density at radius 2 is 2.21 bits per heavy atom. The molecular formula is C10H14FNOS. The third-order valence-electron chi connectivity index (χ3n) is 1.83. The molecule has 1 rings (SSSR count). The number of rotatable bonds is 4. The van der Waals surface area contributed by atoms with Crippen LogP contribution >= 0.6 is 0 Å². The van der Waals surface area contributed by atoms with E-state index in [0.717, 1.165) is 6.42 Å². The number of benzene rings is 1. The minimum absolute atomic E-state index is 0.278. The van der Waals surface area contributed by atoms with E-state index in [1.54, 1.807) is 12.1 Å². The molecule has 0 saturated heterocycles. The zero-order chi connectivity index (χ0) is 10.6. The fourth-order valence-electron chi connectivity index (χ4n) is 1.15. The van der Waals surface area contributed by atoms with Gasteiger partial charge in [-0.05, 0) is 18.6 Å². The Morgan fingerprint density at radius 3 is 2.79 bits per heavy atom. The lowest BCUT2D eigenvalue weighted by atomic mass is 10.2. The van der Waals surface area contributed by atoms with Crippen LogP contribution in [0.3, 0.4) is 0 Å². The summed E-state index contributed by atoms with van der Waals surface area (Å²) in [5.74, 6) is 0.526. The molecule has 0 heterocycles. The third-order valence-corrected chi connectivity index (χ3v) is 3.32. The summed E-state index contributed by atoms with van der Waals surface area (Å²) in [6.45, 7) is 1.96. The lowest BCUT2D eigenvalue weighted by molar-refractivity contribution is 0.616. The van der Waals surface area contributed by atoms with E-state index in [1.165, 1.54) is 6.07 Å². The second kappa shape index (κ2) is 5.10. The Hall–Kier alpha value is -0.900. The monoisotopic (exact) mass is 215 g/mol. The number of nitrogen functional groups attached to an aromatic ring is 1. The minimum Gasteiger partial charge on any atom is -0.399 e. The first kappa shape index (κ1) is 11.2. The maximum atomic E-state index is 13.2. The van der Waals surface area contributed by atoms with E-state index >= 15 is 0 Å². The second-order valence-corrected chi connectivity index (χ2v) is 4.72. The molecule has 0 saturated carbocycles. The van der Waals surface area contributed by atoms with Crippen LogP contribution in [0.4, 0.5) is 10.1 Å². The van der Waals surface area contributed by atoms with Crippen LogP contribution in [0.5, 0.6) is 0 Å². The quantitative estimate of drug-likeness (QED) is 0.781. The first-order chi connectivity index (χ1) is 6.63. The molecule has 4 heteroatoms. The van der Waals surface area contributed by atoms with Crippen LogP contribution in [0.25, 0.3) is 0 Å². The van der Waals surface area contributed by atoms with Crippen molar-refractivity contribution in [3.63, 3.8) is 0 Å². The van der Waals surface area contributed by atoms with Crippen molar-refractivity contribution in [1.82, 2.24) is 0 Å². The van der Waals surface area contributed by atoms with E-state index in [1.807, 2.05) is 6.92 Å². The largest absolute Gasteiger partial charge is 0.399 e. The van der Waals surface area contributed by atoms with Crippen LogP contribution in [0.2, 0.25) is 0 Å². The van der Waals surface area contributed by atoms with E-state index in [0.29, 0.717) is 17.0 Å². The third kappa shape index (κ3) is 3.10. The number of anilines is 1. The molecule has 1 aromatic rings. The molecule has 0 aliphatic carbocycles. The van der Waals surface area contributed by atoms with Crippen molar-refractivity contribution >= 4 is 16.5 Å². The van der Waals surface area contributed by atoms with Crippen LogP contribution in [0.15, 0.2) is 18.2 Å². The molecule has 0 spiro atoms. The summed E-state index contributed by atoms with van der Waals surface area (Å²) in [6.07, 6.45) is 0.850. The molecule has 1 aromatic carbocycles. The van der Waals surface area contributed by atoms with Gasteiger partial charge in [-0.2, -0.15) is 0 Å². The van der Waals surface area contributed by atoms with Crippen molar-refractivity contribution in [2.24, 2.45) is 0 Å². The predicted molar refractivity (Wildman–Crippen MR) is 57.8 cm³/mol. The maximum absolute atomic E-state index is 13.2. The van der Waals surface area contributed by atoms with E-state index in [-0.39, 0.29) is 11.6 Å². The van der Waals surface area contributed by atoms with Crippen LogP contribution in [0.1, 0.15) is 18.9 Å². The highest BCUT2D eigenvalue weighted by Crippen LogP contribution is 2.13. The molecule has 14 heavy (non-hydrogen) atoms. The average molecular weight is 215 g/mol. The topological polar surface area (TPSA) is 43.1 Å². The molecule has 1 atom stereocenters. The number of halogens is 1. The zero-order valence-corrected chi connectivity index (χ0v) is 8.94. The van der Waals surface area contributed by atoms with Crippen LogP contribution < -0.4 is 5.73 Å². The molecule has 2 nitrogen and oxygen atoms in total. The van der Waals surface area contributed by atoms with Crippen LogP contribution in [0, 0.1) is 5.82 Å². The van der Waals surface area contributed by atoms with Gasteiger partial charge in [-0.25, -0.2) is 4.39 Å². The Bertz CT molecular complexity index is 341. The molecule has 0 radical (unpaired) electrons. The SMILES string of the molecule is CCCS(=O)Cc1ccc(N)cc1F. The summed E-state index contributed by atoms with van der Waals surface area (Å²) in [5, 5.41) is 0. The number of nitrogens with two attached hydrogens (primary N) is 1. The summed E-state index contributed by atoms with van der Waals surface area (Å²) < 4.78 is 24.6. The van der Waals surface area contributed by atoms with Gasteiger partial charge in [-0.1, -0.05) is 13.0 Å². The Balaban J connectivity index is 2.72. The average Bonchev–Trinajstić information content (AvgIpc) is 2.10. The highest BCUT2D eigenvalue weighted by molar-refractivity contribution is 7.84. The standard InChI is InChI=1S/C10H14FNOS/c1-2-5-14(13)7-8-3-4-9(12)6-10(8)11/h3-4,6H,2,5,7,12H2,1H3. The Kier molecular flexibility index (Phi) is 4.07. The van der Waals surface area contributed by atoms with E-state index < -0.39 is 10.8 Å². The minimum atomic E-state index is -0.969. The molecular weight excluding hydrogens is 201 g/mol. The van der Waals surface area contributed by atoms with Crippen molar-refractivity contribution in [3.05, 3.63) is 29.6 Å². The maximum Gasteiger partial charge on any atom is 0.129 e. The van der Waals surface area contributed by atoms with Gasteiger partial charge in [0.2, 0.25) is 0 Å². The molecule has 0 aromatic heterocycles.